The van der Waals surface area contributed by atoms with Gasteiger partial charge in [-0.25, -0.2) is 0 Å². The van der Waals surface area contributed by atoms with Crippen LogP contribution in [0.5, 0.6) is 0 Å². The molecule has 0 rings (SSSR count). The van der Waals surface area contributed by atoms with Crippen molar-refractivity contribution in [3.63, 3.8) is 0 Å². The van der Waals surface area contributed by atoms with Gasteiger partial charge in [0.25, 0.3) is 0 Å². The molecule has 3 N–H and O–H groups in total. The molecule has 5 heteroatoms. The van der Waals surface area contributed by atoms with E-state index in [0.717, 1.165) is 32.1 Å². The molecule has 0 radical (unpaired) electrons. The first kappa shape index (κ1) is 25.1. The van der Waals surface area contributed by atoms with Gasteiger partial charge in [0.05, 0.1) is 19.3 Å². The van der Waals surface area contributed by atoms with Crippen molar-refractivity contribution in [3.05, 3.63) is 12.2 Å². The molecule has 0 aromatic rings. The van der Waals surface area contributed by atoms with Crippen LogP contribution >= 0.6 is 0 Å². The number of rotatable bonds is 19. The number of carbonyl (C=O) groups is 1. The summed E-state index contributed by atoms with van der Waals surface area (Å²) in [5, 5.41) is 27.0. The summed E-state index contributed by atoms with van der Waals surface area (Å²) in [6.07, 6.45) is 17.0. The van der Waals surface area contributed by atoms with Crippen LogP contribution in [0.2, 0.25) is 0 Å². The van der Waals surface area contributed by atoms with Gasteiger partial charge in [0.15, 0.2) is 0 Å². The van der Waals surface area contributed by atoms with E-state index in [0.29, 0.717) is 6.42 Å². The third-order valence-electron chi connectivity index (χ3n) is 4.45. The largest absolute Gasteiger partial charge is 0.481 e. The summed E-state index contributed by atoms with van der Waals surface area (Å²) in [5.74, 6) is -0.834. The highest BCUT2D eigenvalue weighted by Crippen LogP contribution is 2.14. The summed E-state index contributed by atoms with van der Waals surface area (Å²) in [4.78, 5) is 10.7. The van der Waals surface area contributed by atoms with Crippen LogP contribution in [0.4, 0.5) is 0 Å². The molecule has 2 unspecified atom stereocenters. The molecule has 0 saturated heterocycles. The van der Waals surface area contributed by atoms with Crippen molar-refractivity contribution in [2.45, 2.75) is 103 Å². The maximum absolute atomic E-state index is 10.7. The predicted molar refractivity (Wildman–Crippen MR) is 105 cm³/mol. The average Bonchev–Trinajstić information content (AvgIpc) is 2.63. The molecule has 0 amide bonds. The topological polar surface area (TPSA) is 87.0 Å². The number of aliphatic hydroxyl groups is 2. The predicted octanol–water partition coefficient (Wildman–Crippen LogP) is 4.46. The van der Waals surface area contributed by atoms with Crippen molar-refractivity contribution in [2.75, 3.05) is 13.2 Å². The Morgan fingerprint density at radius 2 is 1.58 bits per heavy atom. The van der Waals surface area contributed by atoms with E-state index in [2.05, 4.69) is 19.1 Å². The average molecular weight is 373 g/mol. The van der Waals surface area contributed by atoms with Crippen LogP contribution in [-0.4, -0.2) is 46.7 Å². The molecule has 0 aromatic carbocycles. The van der Waals surface area contributed by atoms with E-state index in [-0.39, 0.29) is 25.7 Å². The second kappa shape index (κ2) is 18.9. The fourth-order valence-corrected chi connectivity index (χ4v) is 2.81. The SMILES string of the molecule is CCCCCCCC/C=C\CCCCC(CCC(=O)O)OCC(O)CO. The molecule has 0 aliphatic carbocycles. The van der Waals surface area contributed by atoms with E-state index in [1.54, 1.807) is 0 Å². The maximum atomic E-state index is 10.7. The van der Waals surface area contributed by atoms with Gasteiger partial charge in [0.1, 0.15) is 6.10 Å². The van der Waals surface area contributed by atoms with E-state index in [1.165, 1.54) is 38.5 Å². The zero-order chi connectivity index (χ0) is 19.5. The molecule has 0 heterocycles. The molecule has 5 nitrogen and oxygen atoms in total. The monoisotopic (exact) mass is 372 g/mol. The van der Waals surface area contributed by atoms with Crippen molar-refractivity contribution < 1.29 is 24.9 Å². The number of aliphatic carboxylic acids is 1. The lowest BCUT2D eigenvalue weighted by Gasteiger charge is -2.18. The number of unbranched alkanes of at least 4 members (excludes halogenated alkanes) is 8. The highest BCUT2D eigenvalue weighted by molar-refractivity contribution is 5.66. The van der Waals surface area contributed by atoms with Gasteiger partial charge in [-0.2, -0.15) is 0 Å². The van der Waals surface area contributed by atoms with Gasteiger partial charge in [-0.15, -0.1) is 0 Å². The quantitative estimate of drug-likeness (QED) is 0.230. The van der Waals surface area contributed by atoms with Gasteiger partial charge in [-0.05, 0) is 38.5 Å². The van der Waals surface area contributed by atoms with Crippen molar-refractivity contribution in [2.24, 2.45) is 0 Å². The maximum Gasteiger partial charge on any atom is 0.303 e. The van der Waals surface area contributed by atoms with Crippen molar-refractivity contribution >= 4 is 5.97 Å². The van der Waals surface area contributed by atoms with Crippen LogP contribution < -0.4 is 0 Å². The Hall–Kier alpha value is -0.910. The van der Waals surface area contributed by atoms with Gasteiger partial charge in [0, 0.05) is 6.42 Å². The lowest BCUT2D eigenvalue weighted by atomic mass is 10.1. The van der Waals surface area contributed by atoms with Gasteiger partial charge in [-0.1, -0.05) is 57.6 Å². The number of carboxylic acid groups (broad SMARTS) is 1. The molecule has 0 saturated carbocycles. The molecule has 0 bridgehead atoms. The highest BCUT2D eigenvalue weighted by atomic mass is 16.5. The van der Waals surface area contributed by atoms with E-state index >= 15 is 0 Å². The first-order valence-corrected chi connectivity index (χ1v) is 10.4. The van der Waals surface area contributed by atoms with Gasteiger partial charge in [0.2, 0.25) is 0 Å². The highest BCUT2D eigenvalue weighted by Gasteiger charge is 2.13. The Kier molecular flexibility index (Phi) is 18.2. The lowest BCUT2D eigenvalue weighted by Crippen LogP contribution is -2.25. The molecular formula is C21H40O5. The van der Waals surface area contributed by atoms with Crippen LogP contribution in [0, 0.1) is 0 Å². The summed E-state index contributed by atoms with van der Waals surface area (Å²) in [5.41, 5.74) is 0. The van der Waals surface area contributed by atoms with Crippen molar-refractivity contribution in [1.82, 2.24) is 0 Å². The Bertz CT molecular complexity index is 343. The first-order valence-electron chi connectivity index (χ1n) is 10.4. The fourth-order valence-electron chi connectivity index (χ4n) is 2.81. The summed E-state index contributed by atoms with van der Waals surface area (Å²) < 4.78 is 5.55. The van der Waals surface area contributed by atoms with Crippen LogP contribution in [-0.2, 0) is 9.53 Å². The Morgan fingerprint density at radius 1 is 0.962 bits per heavy atom. The molecule has 0 aromatic heterocycles. The van der Waals surface area contributed by atoms with E-state index in [9.17, 15) is 9.90 Å². The van der Waals surface area contributed by atoms with E-state index < -0.39 is 12.1 Å². The summed E-state index contributed by atoms with van der Waals surface area (Å²) >= 11 is 0. The fraction of sp³-hybridized carbons (Fsp3) is 0.857. The van der Waals surface area contributed by atoms with Crippen LogP contribution in [0.25, 0.3) is 0 Å². The minimum atomic E-state index is -0.896. The molecule has 154 valence electrons. The number of allylic oxidation sites excluding steroid dienone is 2. The third-order valence-corrected chi connectivity index (χ3v) is 4.45. The lowest BCUT2D eigenvalue weighted by molar-refractivity contribution is -0.138. The number of aliphatic hydroxyl groups excluding tert-OH is 2. The number of carboxylic acids is 1. The molecule has 0 aliphatic heterocycles. The standard InChI is InChI=1S/C21H40O5/c1-2-3-4-5-6-7-8-9-10-11-12-13-14-20(15-16-21(24)25)26-18-19(23)17-22/h9-10,19-20,22-23H,2-8,11-18H2,1H3,(H,24,25)/b10-9-. The second-order valence-corrected chi connectivity index (χ2v) is 7.04. The minimum absolute atomic E-state index is 0.0545. The van der Waals surface area contributed by atoms with Crippen LogP contribution in [0.15, 0.2) is 12.2 Å². The van der Waals surface area contributed by atoms with Gasteiger partial charge >= 0.3 is 5.97 Å². The van der Waals surface area contributed by atoms with Crippen LogP contribution in [0.3, 0.4) is 0 Å². The molecule has 26 heavy (non-hydrogen) atoms. The van der Waals surface area contributed by atoms with E-state index in [1.807, 2.05) is 0 Å². The zero-order valence-electron chi connectivity index (χ0n) is 16.6. The molecule has 0 fully saturated rings. The smallest absolute Gasteiger partial charge is 0.303 e. The van der Waals surface area contributed by atoms with E-state index in [4.69, 9.17) is 14.9 Å². The second-order valence-electron chi connectivity index (χ2n) is 7.04. The third kappa shape index (κ3) is 17.9. The normalized spacial score (nSPS) is 14.0. The van der Waals surface area contributed by atoms with Gasteiger partial charge < -0.3 is 20.1 Å². The number of ether oxygens (including phenoxy) is 1. The molecule has 0 spiro atoms. The summed E-state index contributed by atoms with van der Waals surface area (Å²) in [7, 11) is 0. The molecule has 0 aliphatic rings. The molecule has 2 atom stereocenters. The minimum Gasteiger partial charge on any atom is -0.481 e. The summed E-state index contributed by atoms with van der Waals surface area (Å²) in [6, 6.07) is 0. The Labute approximate surface area is 159 Å². The first-order chi connectivity index (χ1) is 12.6. The van der Waals surface area contributed by atoms with Crippen molar-refractivity contribution in [3.8, 4) is 0 Å². The number of hydrogen-bond donors (Lipinski definition) is 3. The summed E-state index contributed by atoms with van der Waals surface area (Å²) in [6.45, 7) is 1.95. The van der Waals surface area contributed by atoms with Crippen molar-refractivity contribution in [1.29, 1.82) is 0 Å². The Morgan fingerprint density at radius 3 is 2.19 bits per heavy atom. The van der Waals surface area contributed by atoms with Crippen LogP contribution in [0.1, 0.15) is 90.4 Å². The Balaban J connectivity index is 3.72. The van der Waals surface area contributed by atoms with Gasteiger partial charge in [-0.3, -0.25) is 4.79 Å². The zero-order valence-corrected chi connectivity index (χ0v) is 16.6. The molecular weight excluding hydrogens is 332 g/mol. The number of hydrogen-bond acceptors (Lipinski definition) is 4.